The number of benzene rings is 1. The van der Waals surface area contributed by atoms with E-state index in [4.69, 9.17) is 26.1 Å². The van der Waals surface area contributed by atoms with Crippen LogP contribution in [0.3, 0.4) is 0 Å². The molecule has 5 heteroatoms. The number of halogens is 2. The summed E-state index contributed by atoms with van der Waals surface area (Å²) in [6, 6.07) is 4.31. The first-order chi connectivity index (χ1) is 12.0. The molecule has 26 heavy (non-hydrogen) atoms. The van der Waals surface area contributed by atoms with Crippen LogP contribution in [0, 0.1) is 17.3 Å². The van der Waals surface area contributed by atoms with Gasteiger partial charge in [0.1, 0.15) is 0 Å². The fourth-order valence-electron chi connectivity index (χ4n) is 6.60. The Morgan fingerprint density at radius 2 is 1.69 bits per heavy atom. The molecule has 4 aliphatic carbocycles. The van der Waals surface area contributed by atoms with Gasteiger partial charge in [-0.1, -0.05) is 0 Å². The summed E-state index contributed by atoms with van der Waals surface area (Å²) in [6.07, 6.45) is 8.41. The van der Waals surface area contributed by atoms with Crippen LogP contribution in [0.1, 0.15) is 49.7 Å². The minimum absolute atomic E-state index is 0. The first kappa shape index (κ1) is 18.4. The lowest BCUT2D eigenvalue weighted by atomic mass is 9.47. The zero-order chi connectivity index (χ0) is 17.2. The lowest BCUT2D eigenvalue weighted by molar-refractivity contribution is 0.00190. The summed E-state index contributed by atoms with van der Waals surface area (Å²) < 4.78 is 11.1. The SMILES string of the molecule is COc1cc2c(cc1OC)C(C13CC4CC(CC(Cl)(C4)C1)C3)=NCC2.Cl. The van der Waals surface area contributed by atoms with E-state index in [1.807, 2.05) is 0 Å². The van der Waals surface area contributed by atoms with Crippen molar-refractivity contribution in [3.05, 3.63) is 23.3 Å². The van der Waals surface area contributed by atoms with E-state index in [-0.39, 0.29) is 22.7 Å². The van der Waals surface area contributed by atoms with Crippen molar-refractivity contribution in [2.75, 3.05) is 20.8 Å². The van der Waals surface area contributed by atoms with Gasteiger partial charge in [0.2, 0.25) is 0 Å². The van der Waals surface area contributed by atoms with E-state index in [1.165, 1.54) is 48.9 Å². The number of rotatable bonds is 3. The molecule has 4 fully saturated rings. The largest absolute Gasteiger partial charge is 0.493 e. The van der Waals surface area contributed by atoms with Crippen molar-refractivity contribution in [3.8, 4) is 11.5 Å². The van der Waals surface area contributed by atoms with E-state index in [9.17, 15) is 0 Å². The number of fused-ring (bicyclic) bond motifs is 1. The highest BCUT2D eigenvalue weighted by molar-refractivity contribution is 6.24. The molecule has 0 saturated heterocycles. The van der Waals surface area contributed by atoms with Gasteiger partial charge in [-0.25, -0.2) is 0 Å². The van der Waals surface area contributed by atoms with E-state index in [0.29, 0.717) is 0 Å². The number of nitrogens with zero attached hydrogens (tertiary/aromatic N) is 1. The van der Waals surface area contributed by atoms with E-state index in [2.05, 4.69) is 12.1 Å². The zero-order valence-electron chi connectivity index (χ0n) is 15.5. The number of aliphatic imine (C=N–C) groups is 1. The molecule has 0 radical (unpaired) electrons. The van der Waals surface area contributed by atoms with Crippen LogP contribution in [0.25, 0.3) is 0 Å². The zero-order valence-corrected chi connectivity index (χ0v) is 17.1. The van der Waals surface area contributed by atoms with Crippen LogP contribution in [0.4, 0.5) is 0 Å². The Bertz CT molecular complexity index is 747. The van der Waals surface area contributed by atoms with Gasteiger partial charge < -0.3 is 9.47 Å². The second kappa shape index (κ2) is 6.31. The number of hydrogen-bond acceptors (Lipinski definition) is 3. The van der Waals surface area contributed by atoms with E-state index in [1.54, 1.807) is 14.2 Å². The predicted octanol–water partition coefficient (Wildman–Crippen LogP) is 5.05. The number of hydrogen-bond donors (Lipinski definition) is 0. The van der Waals surface area contributed by atoms with Gasteiger partial charge in [0.15, 0.2) is 11.5 Å². The predicted molar refractivity (Wildman–Crippen MR) is 108 cm³/mol. The Morgan fingerprint density at radius 1 is 1.04 bits per heavy atom. The summed E-state index contributed by atoms with van der Waals surface area (Å²) in [5, 5.41) is 0. The lowest BCUT2D eigenvalue weighted by Crippen LogP contribution is -2.56. The Hall–Kier alpha value is -0.930. The van der Waals surface area contributed by atoms with Crippen molar-refractivity contribution in [1.29, 1.82) is 0 Å². The van der Waals surface area contributed by atoms with Gasteiger partial charge in [0, 0.05) is 28.1 Å². The molecule has 1 heterocycles. The molecule has 3 nitrogen and oxygen atoms in total. The molecule has 0 amide bonds. The van der Waals surface area contributed by atoms with Gasteiger partial charge in [-0.05, 0) is 74.5 Å². The van der Waals surface area contributed by atoms with Crippen LogP contribution >= 0.6 is 24.0 Å². The highest BCUT2D eigenvalue weighted by Crippen LogP contribution is 2.65. The molecule has 5 aliphatic rings. The maximum absolute atomic E-state index is 7.07. The van der Waals surface area contributed by atoms with Crippen molar-refractivity contribution in [1.82, 2.24) is 0 Å². The molecule has 1 aliphatic heterocycles. The van der Waals surface area contributed by atoms with E-state index >= 15 is 0 Å². The summed E-state index contributed by atoms with van der Waals surface area (Å²) in [7, 11) is 3.42. The quantitative estimate of drug-likeness (QED) is 0.670. The van der Waals surface area contributed by atoms with Crippen LogP contribution in [-0.4, -0.2) is 31.4 Å². The maximum atomic E-state index is 7.07. The minimum atomic E-state index is 0. The molecule has 6 rings (SSSR count). The first-order valence-corrected chi connectivity index (χ1v) is 9.91. The molecule has 142 valence electrons. The van der Waals surface area contributed by atoms with Gasteiger partial charge in [0.05, 0.1) is 14.2 Å². The van der Waals surface area contributed by atoms with Gasteiger partial charge in [-0.2, -0.15) is 0 Å². The normalized spacial score (nSPS) is 36.8. The summed E-state index contributed by atoms with van der Waals surface area (Å²) in [5.74, 6) is 3.20. The third kappa shape index (κ3) is 2.65. The third-order valence-electron chi connectivity index (χ3n) is 7.01. The summed E-state index contributed by atoms with van der Waals surface area (Å²) in [4.78, 5) is 5.10. The number of ether oxygens (including phenoxy) is 2. The average Bonchev–Trinajstić information content (AvgIpc) is 2.57. The van der Waals surface area contributed by atoms with Crippen molar-refractivity contribution in [2.45, 2.75) is 49.8 Å². The highest BCUT2D eigenvalue weighted by Gasteiger charge is 2.59. The van der Waals surface area contributed by atoms with Crippen LogP contribution in [-0.2, 0) is 6.42 Å². The van der Waals surface area contributed by atoms with E-state index < -0.39 is 0 Å². The van der Waals surface area contributed by atoms with Gasteiger partial charge >= 0.3 is 0 Å². The molecule has 4 saturated carbocycles. The van der Waals surface area contributed by atoms with Crippen molar-refractivity contribution in [3.63, 3.8) is 0 Å². The molecule has 1 aromatic carbocycles. The highest BCUT2D eigenvalue weighted by atomic mass is 35.5. The molecular formula is C21H27Cl2NO2. The standard InChI is InChI=1S/C21H26ClNO2.ClH/c1-24-17-6-15-3-4-23-19(16(15)7-18(17)25-2)20-8-13-5-14(9-20)11-21(22,10-13)12-20;/h6-7,13-14H,3-5,8-12H2,1-2H3;1H. The van der Waals surface area contributed by atoms with Crippen LogP contribution in [0.2, 0.25) is 0 Å². The summed E-state index contributed by atoms with van der Waals surface area (Å²) >= 11 is 7.07. The average molecular weight is 396 g/mol. The van der Waals surface area contributed by atoms with Crippen molar-refractivity contribution >= 4 is 29.7 Å². The minimum Gasteiger partial charge on any atom is -0.493 e. The molecule has 0 N–H and O–H groups in total. The first-order valence-electron chi connectivity index (χ1n) is 9.53. The Labute approximate surface area is 166 Å². The van der Waals surface area contributed by atoms with Gasteiger partial charge in [-0.3, -0.25) is 4.99 Å². The fraction of sp³-hybridized carbons (Fsp3) is 0.667. The third-order valence-corrected chi connectivity index (χ3v) is 7.45. The monoisotopic (exact) mass is 395 g/mol. The van der Waals surface area contributed by atoms with Crippen LogP contribution < -0.4 is 9.47 Å². The van der Waals surface area contributed by atoms with Crippen molar-refractivity contribution in [2.24, 2.45) is 22.2 Å². The Kier molecular flexibility index (Phi) is 4.47. The molecular weight excluding hydrogens is 369 g/mol. The molecule has 4 bridgehead atoms. The van der Waals surface area contributed by atoms with Crippen LogP contribution in [0.5, 0.6) is 11.5 Å². The maximum Gasteiger partial charge on any atom is 0.161 e. The summed E-state index contributed by atoms with van der Waals surface area (Å²) in [6.45, 7) is 0.879. The fourth-order valence-corrected chi connectivity index (χ4v) is 7.30. The summed E-state index contributed by atoms with van der Waals surface area (Å²) in [5.41, 5.74) is 4.13. The Balaban J connectivity index is 0.00000168. The van der Waals surface area contributed by atoms with Crippen molar-refractivity contribution < 1.29 is 9.47 Å². The topological polar surface area (TPSA) is 30.8 Å². The number of alkyl halides is 1. The molecule has 1 aromatic rings. The molecule has 0 spiro atoms. The number of methoxy groups -OCH3 is 2. The molecule has 2 atom stereocenters. The lowest BCUT2D eigenvalue weighted by Gasteiger charge is -2.60. The molecule has 0 aromatic heterocycles. The second-order valence-electron chi connectivity index (χ2n) is 8.74. The molecule has 2 unspecified atom stereocenters. The van der Waals surface area contributed by atoms with E-state index in [0.717, 1.165) is 42.7 Å². The second-order valence-corrected chi connectivity index (χ2v) is 9.54. The van der Waals surface area contributed by atoms with Gasteiger partial charge in [-0.15, -0.1) is 24.0 Å². The van der Waals surface area contributed by atoms with Crippen LogP contribution in [0.15, 0.2) is 17.1 Å². The Morgan fingerprint density at radius 3 is 2.31 bits per heavy atom. The van der Waals surface area contributed by atoms with Gasteiger partial charge in [0.25, 0.3) is 0 Å². The smallest absolute Gasteiger partial charge is 0.161 e.